The van der Waals surface area contributed by atoms with Gasteiger partial charge in [0.25, 0.3) is 0 Å². The second-order valence-electron chi connectivity index (χ2n) is 7.46. The first-order valence-electron chi connectivity index (χ1n) is 9.93. The lowest BCUT2D eigenvalue weighted by Crippen LogP contribution is -2.44. The van der Waals surface area contributed by atoms with Crippen molar-refractivity contribution >= 4 is 0 Å². The average molecular weight is 375 g/mol. The third-order valence-corrected chi connectivity index (χ3v) is 5.50. The van der Waals surface area contributed by atoms with E-state index < -0.39 is 0 Å². The summed E-state index contributed by atoms with van der Waals surface area (Å²) in [5, 5.41) is 3.55. The molecule has 3 aromatic rings. The number of nitrogens with one attached hydrogen (secondary N) is 1. The average Bonchev–Trinajstić information content (AvgIpc) is 2.74. The fourth-order valence-electron chi connectivity index (χ4n) is 3.95. The number of pyridine rings is 1. The maximum Gasteiger partial charge on any atom is 0.123 e. The Balaban J connectivity index is 1.40. The van der Waals surface area contributed by atoms with Crippen LogP contribution in [0.4, 0.5) is 4.39 Å². The van der Waals surface area contributed by atoms with Crippen molar-refractivity contribution in [2.24, 2.45) is 0 Å². The quantitative estimate of drug-likeness (QED) is 0.633. The molecule has 0 saturated carbocycles. The monoisotopic (exact) mass is 375 g/mol. The van der Waals surface area contributed by atoms with Crippen LogP contribution < -0.4 is 5.32 Å². The maximum atomic E-state index is 13.3. The molecule has 2 heterocycles. The van der Waals surface area contributed by atoms with Gasteiger partial charge in [0.1, 0.15) is 5.82 Å². The summed E-state index contributed by atoms with van der Waals surface area (Å²) in [4.78, 5) is 6.62. The third-order valence-electron chi connectivity index (χ3n) is 5.50. The normalized spacial score (nSPS) is 16.7. The van der Waals surface area contributed by atoms with E-state index in [0.29, 0.717) is 6.04 Å². The van der Waals surface area contributed by atoms with Crippen molar-refractivity contribution in [3.05, 3.63) is 101 Å². The first-order valence-corrected chi connectivity index (χ1v) is 9.93. The number of fused-ring (bicyclic) bond motifs is 1. The van der Waals surface area contributed by atoms with Gasteiger partial charge in [0, 0.05) is 44.6 Å². The summed E-state index contributed by atoms with van der Waals surface area (Å²) < 4.78 is 13.3. The molecule has 1 unspecified atom stereocenters. The van der Waals surface area contributed by atoms with Gasteiger partial charge in [-0.3, -0.25) is 9.88 Å². The summed E-state index contributed by atoms with van der Waals surface area (Å²) in [6.07, 6.45) is 5.64. The van der Waals surface area contributed by atoms with E-state index in [1.54, 1.807) is 12.1 Å². The molecule has 144 valence electrons. The Bertz CT molecular complexity index is 880. The highest BCUT2D eigenvalue weighted by Gasteiger charge is 2.25. The zero-order chi connectivity index (χ0) is 19.2. The van der Waals surface area contributed by atoms with Crippen LogP contribution in [0, 0.1) is 5.82 Å². The van der Waals surface area contributed by atoms with E-state index in [0.717, 1.165) is 39.0 Å². The molecule has 3 nitrogen and oxygen atoms in total. The summed E-state index contributed by atoms with van der Waals surface area (Å²) in [6.45, 7) is 3.75. The number of aromatic nitrogens is 1. The van der Waals surface area contributed by atoms with E-state index in [4.69, 9.17) is 0 Å². The minimum Gasteiger partial charge on any atom is -0.311 e. The minimum absolute atomic E-state index is 0.171. The van der Waals surface area contributed by atoms with Crippen LogP contribution in [0.1, 0.15) is 22.3 Å². The lowest BCUT2D eigenvalue weighted by atomic mass is 9.90. The summed E-state index contributed by atoms with van der Waals surface area (Å²) in [5.74, 6) is -0.171. The summed E-state index contributed by atoms with van der Waals surface area (Å²) in [5.41, 5.74) is 5.31. The van der Waals surface area contributed by atoms with Crippen molar-refractivity contribution in [3.8, 4) is 0 Å². The highest BCUT2D eigenvalue weighted by atomic mass is 19.1. The Morgan fingerprint density at radius 1 is 0.929 bits per heavy atom. The van der Waals surface area contributed by atoms with Gasteiger partial charge in [0.05, 0.1) is 0 Å². The van der Waals surface area contributed by atoms with Crippen LogP contribution in [0.15, 0.2) is 73.1 Å². The maximum absolute atomic E-state index is 13.3. The van der Waals surface area contributed by atoms with E-state index in [1.165, 1.54) is 22.3 Å². The van der Waals surface area contributed by atoms with E-state index in [9.17, 15) is 4.39 Å². The minimum atomic E-state index is -0.171. The Morgan fingerprint density at radius 3 is 2.46 bits per heavy atom. The van der Waals surface area contributed by atoms with Gasteiger partial charge in [0.15, 0.2) is 0 Å². The zero-order valence-electron chi connectivity index (χ0n) is 16.0. The molecule has 0 fully saturated rings. The molecule has 0 amide bonds. The number of rotatable bonds is 7. The van der Waals surface area contributed by atoms with Crippen molar-refractivity contribution in [3.63, 3.8) is 0 Å². The number of benzene rings is 2. The fraction of sp³-hybridized carbons (Fsp3) is 0.292. The lowest BCUT2D eigenvalue weighted by molar-refractivity contribution is 0.170. The SMILES string of the molecule is Fc1ccc(CC2Cc3ccccc3CN2CCNCc2ccncc2)cc1. The summed E-state index contributed by atoms with van der Waals surface area (Å²) in [6, 6.07) is 20.2. The smallest absolute Gasteiger partial charge is 0.123 e. The Kier molecular flexibility index (Phi) is 6.10. The molecule has 0 radical (unpaired) electrons. The van der Waals surface area contributed by atoms with Crippen molar-refractivity contribution < 1.29 is 4.39 Å². The molecular formula is C24H26FN3. The summed E-state index contributed by atoms with van der Waals surface area (Å²) >= 11 is 0. The number of halogens is 1. The predicted molar refractivity (Wildman–Crippen MR) is 110 cm³/mol. The van der Waals surface area contributed by atoms with E-state index in [1.807, 2.05) is 36.7 Å². The molecule has 1 atom stereocenters. The molecular weight excluding hydrogens is 349 g/mol. The molecule has 1 aromatic heterocycles. The van der Waals surface area contributed by atoms with Gasteiger partial charge in [-0.2, -0.15) is 0 Å². The second kappa shape index (κ2) is 9.09. The Labute approximate surface area is 166 Å². The fourth-order valence-corrected chi connectivity index (χ4v) is 3.95. The van der Waals surface area contributed by atoms with Gasteiger partial charge < -0.3 is 5.32 Å². The van der Waals surface area contributed by atoms with Crippen LogP contribution in [0.25, 0.3) is 0 Å². The second-order valence-corrected chi connectivity index (χ2v) is 7.46. The van der Waals surface area contributed by atoms with Gasteiger partial charge >= 0.3 is 0 Å². The van der Waals surface area contributed by atoms with Crippen molar-refractivity contribution in [2.45, 2.75) is 32.0 Å². The van der Waals surface area contributed by atoms with E-state index in [2.05, 4.69) is 39.5 Å². The molecule has 28 heavy (non-hydrogen) atoms. The molecule has 4 rings (SSSR count). The topological polar surface area (TPSA) is 28.2 Å². The number of nitrogens with zero attached hydrogens (tertiary/aromatic N) is 2. The number of hydrogen-bond acceptors (Lipinski definition) is 3. The molecule has 4 heteroatoms. The largest absolute Gasteiger partial charge is 0.311 e. The molecule has 0 bridgehead atoms. The Hall–Kier alpha value is -2.56. The molecule has 1 N–H and O–H groups in total. The van der Waals surface area contributed by atoms with Gasteiger partial charge in [-0.15, -0.1) is 0 Å². The number of hydrogen-bond donors (Lipinski definition) is 1. The van der Waals surface area contributed by atoms with Crippen molar-refractivity contribution in [1.82, 2.24) is 15.2 Å². The first-order chi connectivity index (χ1) is 13.8. The predicted octanol–water partition coefficient (Wildman–Crippen LogP) is 3.98. The van der Waals surface area contributed by atoms with Crippen LogP contribution in [0.2, 0.25) is 0 Å². The van der Waals surface area contributed by atoms with Gasteiger partial charge in [0.2, 0.25) is 0 Å². The highest BCUT2D eigenvalue weighted by Crippen LogP contribution is 2.25. The zero-order valence-corrected chi connectivity index (χ0v) is 16.0. The first kappa shape index (κ1) is 18.8. The van der Waals surface area contributed by atoms with Crippen molar-refractivity contribution in [1.29, 1.82) is 0 Å². The van der Waals surface area contributed by atoms with Crippen LogP contribution in [-0.4, -0.2) is 29.0 Å². The van der Waals surface area contributed by atoms with Crippen LogP contribution in [0.5, 0.6) is 0 Å². The van der Waals surface area contributed by atoms with E-state index in [-0.39, 0.29) is 5.82 Å². The summed E-state index contributed by atoms with van der Waals surface area (Å²) in [7, 11) is 0. The van der Waals surface area contributed by atoms with E-state index >= 15 is 0 Å². The van der Waals surface area contributed by atoms with Crippen LogP contribution in [0.3, 0.4) is 0 Å². The standard InChI is InChI=1S/C24H26FN3/c25-23-7-5-19(6-8-23)15-24-16-21-3-1-2-4-22(21)18-28(24)14-13-27-17-20-9-11-26-12-10-20/h1-12,24,27H,13-18H2. The third kappa shape index (κ3) is 4.83. The highest BCUT2D eigenvalue weighted by molar-refractivity contribution is 5.31. The van der Waals surface area contributed by atoms with Crippen LogP contribution in [-0.2, 0) is 25.9 Å². The molecule has 1 aliphatic rings. The van der Waals surface area contributed by atoms with Crippen LogP contribution >= 0.6 is 0 Å². The molecule has 1 aliphatic heterocycles. The van der Waals surface area contributed by atoms with Gasteiger partial charge in [-0.25, -0.2) is 4.39 Å². The van der Waals surface area contributed by atoms with Gasteiger partial charge in [-0.05, 0) is 59.4 Å². The van der Waals surface area contributed by atoms with Gasteiger partial charge in [-0.1, -0.05) is 36.4 Å². The molecule has 0 saturated heterocycles. The Morgan fingerprint density at radius 2 is 1.68 bits per heavy atom. The van der Waals surface area contributed by atoms with Crippen molar-refractivity contribution in [2.75, 3.05) is 13.1 Å². The lowest BCUT2D eigenvalue weighted by Gasteiger charge is -2.37. The molecule has 2 aromatic carbocycles. The molecule has 0 spiro atoms. The molecule has 0 aliphatic carbocycles.